The van der Waals surface area contributed by atoms with Gasteiger partial charge in [0.15, 0.2) is 0 Å². The van der Waals surface area contributed by atoms with E-state index < -0.39 is 12.1 Å². The van der Waals surface area contributed by atoms with Crippen LogP contribution in [0.5, 0.6) is 0 Å². The summed E-state index contributed by atoms with van der Waals surface area (Å²) >= 11 is 0. The number of aliphatic hydroxyl groups excluding tert-OH is 2. The van der Waals surface area contributed by atoms with Crippen LogP contribution in [0.4, 0.5) is 0 Å². The van der Waals surface area contributed by atoms with Gasteiger partial charge in [-0.1, -0.05) is 206 Å². The molecule has 0 fully saturated rings. The first kappa shape index (κ1) is 43.1. The van der Waals surface area contributed by atoms with Crippen molar-refractivity contribution >= 4 is 5.91 Å². The standard InChI is InChI=1S/C40H79NO3/c1-3-5-7-9-11-13-15-17-18-19-20-21-22-24-26-28-30-32-34-36-40(44)41-38(37-42)39(43)35-33-31-29-27-25-23-16-14-12-10-8-6-4-2/h33,35,38-39,42-43H,3-32,34,36-37H2,1-2H3,(H,41,44)/b35-33+/t38-,39+/m1/s1. The molecule has 0 aromatic heterocycles. The number of hydrogen-bond donors (Lipinski definition) is 3. The van der Waals surface area contributed by atoms with Crippen LogP contribution in [0.2, 0.25) is 0 Å². The van der Waals surface area contributed by atoms with Gasteiger partial charge in [-0.3, -0.25) is 4.79 Å². The van der Waals surface area contributed by atoms with Gasteiger partial charge in [0.2, 0.25) is 5.91 Å². The Balaban J connectivity index is 3.54. The quantitative estimate of drug-likeness (QED) is 0.0481. The first-order chi connectivity index (χ1) is 21.7. The Labute approximate surface area is 276 Å². The zero-order chi connectivity index (χ0) is 32.2. The molecule has 1 amide bonds. The molecule has 0 aliphatic carbocycles. The average Bonchev–Trinajstić information content (AvgIpc) is 3.03. The van der Waals surface area contributed by atoms with Gasteiger partial charge in [-0.2, -0.15) is 0 Å². The molecule has 0 heterocycles. The fourth-order valence-corrected chi connectivity index (χ4v) is 6.18. The number of allylic oxidation sites excluding steroid dienone is 1. The normalized spacial score (nSPS) is 13.1. The molecule has 0 saturated carbocycles. The largest absolute Gasteiger partial charge is 0.394 e. The van der Waals surface area contributed by atoms with Gasteiger partial charge in [-0.15, -0.1) is 0 Å². The van der Waals surface area contributed by atoms with Crippen molar-refractivity contribution in [2.45, 2.75) is 231 Å². The molecule has 4 nitrogen and oxygen atoms in total. The van der Waals surface area contributed by atoms with Crippen molar-refractivity contribution in [3.63, 3.8) is 0 Å². The van der Waals surface area contributed by atoms with E-state index in [0.29, 0.717) is 6.42 Å². The van der Waals surface area contributed by atoms with E-state index in [1.807, 2.05) is 6.08 Å². The second-order valence-electron chi connectivity index (χ2n) is 13.7. The minimum atomic E-state index is -0.832. The Morgan fingerprint density at radius 2 is 0.841 bits per heavy atom. The lowest BCUT2D eigenvalue weighted by Gasteiger charge is -2.20. The van der Waals surface area contributed by atoms with Crippen molar-refractivity contribution in [3.8, 4) is 0 Å². The van der Waals surface area contributed by atoms with Crippen LogP contribution in [-0.4, -0.2) is 34.9 Å². The van der Waals surface area contributed by atoms with E-state index in [4.69, 9.17) is 0 Å². The smallest absolute Gasteiger partial charge is 0.220 e. The van der Waals surface area contributed by atoms with E-state index in [9.17, 15) is 15.0 Å². The Hall–Kier alpha value is -0.870. The Bertz CT molecular complexity index is 593. The molecule has 0 bridgehead atoms. The number of aliphatic hydroxyl groups is 2. The molecular formula is C40H79NO3. The number of hydrogen-bond acceptors (Lipinski definition) is 3. The summed E-state index contributed by atoms with van der Waals surface area (Å²) in [7, 11) is 0. The monoisotopic (exact) mass is 622 g/mol. The molecule has 0 rings (SSSR count). The summed E-state index contributed by atoms with van der Waals surface area (Å²) in [4.78, 5) is 12.3. The third-order valence-corrected chi connectivity index (χ3v) is 9.27. The summed E-state index contributed by atoms with van der Waals surface area (Å²) in [5.41, 5.74) is 0. The number of carbonyl (C=O) groups is 1. The van der Waals surface area contributed by atoms with Gasteiger partial charge in [0.1, 0.15) is 0 Å². The second kappa shape index (κ2) is 36.6. The van der Waals surface area contributed by atoms with Crippen LogP contribution in [0.3, 0.4) is 0 Å². The van der Waals surface area contributed by atoms with Crippen molar-refractivity contribution in [2.75, 3.05) is 6.61 Å². The molecule has 44 heavy (non-hydrogen) atoms. The predicted molar refractivity (Wildman–Crippen MR) is 193 cm³/mol. The fourth-order valence-electron chi connectivity index (χ4n) is 6.18. The topological polar surface area (TPSA) is 69.6 Å². The van der Waals surface area contributed by atoms with Crippen LogP contribution >= 0.6 is 0 Å². The van der Waals surface area contributed by atoms with Gasteiger partial charge < -0.3 is 15.5 Å². The van der Waals surface area contributed by atoms with E-state index in [2.05, 4.69) is 19.2 Å². The first-order valence-corrected chi connectivity index (χ1v) is 19.9. The highest BCUT2D eigenvalue weighted by atomic mass is 16.3. The summed E-state index contributed by atoms with van der Waals surface area (Å²) in [5, 5.41) is 22.9. The highest BCUT2D eigenvalue weighted by Gasteiger charge is 2.17. The van der Waals surface area contributed by atoms with Gasteiger partial charge in [0.25, 0.3) is 0 Å². The number of unbranched alkanes of at least 4 members (excludes halogenated alkanes) is 29. The minimum absolute atomic E-state index is 0.0613. The van der Waals surface area contributed by atoms with Crippen LogP contribution < -0.4 is 5.32 Å². The molecule has 0 aliphatic heterocycles. The lowest BCUT2D eigenvalue weighted by atomic mass is 10.0. The molecule has 0 radical (unpaired) electrons. The van der Waals surface area contributed by atoms with Gasteiger partial charge in [-0.25, -0.2) is 0 Å². The van der Waals surface area contributed by atoms with Crippen molar-refractivity contribution in [1.29, 1.82) is 0 Å². The Morgan fingerprint density at radius 1 is 0.523 bits per heavy atom. The van der Waals surface area contributed by atoms with Crippen molar-refractivity contribution < 1.29 is 15.0 Å². The van der Waals surface area contributed by atoms with E-state index in [1.54, 1.807) is 6.08 Å². The van der Waals surface area contributed by atoms with Crippen molar-refractivity contribution in [3.05, 3.63) is 12.2 Å². The van der Waals surface area contributed by atoms with Crippen LogP contribution in [-0.2, 0) is 4.79 Å². The maximum Gasteiger partial charge on any atom is 0.220 e. The SMILES string of the molecule is CCCCCCCCCCCCC/C=C/[C@H](O)[C@@H](CO)NC(=O)CCCCCCCCCCCCCCCCCCCCC. The summed E-state index contributed by atoms with van der Waals surface area (Å²) in [6.45, 7) is 4.31. The van der Waals surface area contributed by atoms with Crippen molar-refractivity contribution in [2.24, 2.45) is 0 Å². The summed E-state index contributed by atoms with van der Waals surface area (Å²) in [6.07, 6.45) is 44.5. The minimum Gasteiger partial charge on any atom is -0.394 e. The summed E-state index contributed by atoms with van der Waals surface area (Å²) in [5.74, 6) is -0.0613. The van der Waals surface area contributed by atoms with Crippen molar-refractivity contribution in [1.82, 2.24) is 5.32 Å². The number of nitrogens with one attached hydrogen (secondary N) is 1. The van der Waals surface area contributed by atoms with Crippen LogP contribution in [0, 0.1) is 0 Å². The maximum absolute atomic E-state index is 12.3. The predicted octanol–water partition coefficient (Wildman–Crippen LogP) is 11.9. The molecule has 0 unspecified atom stereocenters. The molecule has 4 heteroatoms. The van der Waals surface area contributed by atoms with E-state index in [-0.39, 0.29) is 12.5 Å². The van der Waals surface area contributed by atoms with Crippen LogP contribution in [0.1, 0.15) is 219 Å². The highest BCUT2D eigenvalue weighted by Crippen LogP contribution is 2.15. The number of amides is 1. The zero-order valence-corrected chi connectivity index (χ0v) is 29.9. The first-order valence-electron chi connectivity index (χ1n) is 19.9. The van der Waals surface area contributed by atoms with E-state index in [1.165, 1.54) is 173 Å². The van der Waals surface area contributed by atoms with Gasteiger partial charge >= 0.3 is 0 Å². The molecule has 3 N–H and O–H groups in total. The molecular weight excluding hydrogens is 542 g/mol. The maximum atomic E-state index is 12.3. The molecule has 2 atom stereocenters. The van der Waals surface area contributed by atoms with Gasteiger partial charge in [0.05, 0.1) is 18.8 Å². The second-order valence-corrected chi connectivity index (χ2v) is 13.7. The lowest BCUT2D eigenvalue weighted by Crippen LogP contribution is -2.45. The molecule has 0 saturated heterocycles. The molecule has 0 aromatic rings. The van der Waals surface area contributed by atoms with Crippen LogP contribution in [0.15, 0.2) is 12.2 Å². The Kier molecular flexibility index (Phi) is 35.9. The third-order valence-electron chi connectivity index (χ3n) is 9.27. The zero-order valence-electron chi connectivity index (χ0n) is 29.9. The summed E-state index contributed by atoms with van der Waals surface area (Å²) < 4.78 is 0. The number of carbonyl (C=O) groups excluding carboxylic acids is 1. The average molecular weight is 622 g/mol. The van der Waals surface area contributed by atoms with Gasteiger partial charge in [-0.05, 0) is 19.3 Å². The van der Waals surface area contributed by atoms with E-state index in [0.717, 1.165) is 25.7 Å². The van der Waals surface area contributed by atoms with Gasteiger partial charge in [0, 0.05) is 6.42 Å². The van der Waals surface area contributed by atoms with E-state index >= 15 is 0 Å². The van der Waals surface area contributed by atoms with Crippen LogP contribution in [0.25, 0.3) is 0 Å². The molecule has 0 aromatic carbocycles. The summed E-state index contributed by atoms with van der Waals surface area (Å²) in [6, 6.07) is -0.614. The molecule has 262 valence electrons. The number of rotatable bonds is 36. The lowest BCUT2D eigenvalue weighted by molar-refractivity contribution is -0.123. The fraction of sp³-hybridized carbons (Fsp3) is 0.925. The highest BCUT2D eigenvalue weighted by molar-refractivity contribution is 5.76. The Morgan fingerprint density at radius 3 is 1.18 bits per heavy atom. The third kappa shape index (κ3) is 32.5. The molecule has 0 aliphatic rings. The molecule has 0 spiro atoms.